The van der Waals surface area contributed by atoms with Crippen LogP contribution in [-0.4, -0.2) is 73.9 Å². The lowest BCUT2D eigenvalue weighted by molar-refractivity contribution is -0.118. The van der Waals surface area contributed by atoms with Crippen molar-refractivity contribution in [3.05, 3.63) is 17.6 Å². The number of fused-ring (bicyclic) bond motifs is 1. The summed E-state index contributed by atoms with van der Waals surface area (Å²) < 4.78 is 11.1. The highest BCUT2D eigenvalue weighted by molar-refractivity contribution is 6.05. The van der Waals surface area contributed by atoms with Gasteiger partial charge >= 0.3 is 0 Å². The van der Waals surface area contributed by atoms with Crippen molar-refractivity contribution in [2.75, 3.05) is 45.4 Å². The molecule has 2 N–H and O–H groups in total. The molecule has 2 amide bonds. The molecule has 1 fully saturated rings. The van der Waals surface area contributed by atoms with E-state index in [9.17, 15) is 14.7 Å². The second kappa shape index (κ2) is 7.38. The fourth-order valence-corrected chi connectivity index (χ4v) is 3.62. The number of hydrogen-bond donors (Lipinski definition) is 2. The van der Waals surface area contributed by atoms with Crippen LogP contribution in [-0.2, 0) is 16.0 Å². The lowest BCUT2D eigenvalue weighted by atomic mass is 9.96. The third-order valence-electron chi connectivity index (χ3n) is 5.60. The first-order valence-electron chi connectivity index (χ1n) is 8.96. The summed E-state index contributed by atoms with van der Waals surface area (Å²) in [4.78, 5) is 28.5. The van der Waals surface area contributed by atoms with Crippen LogP contribution in [0.4, 0.5) is 5.69 Å². The van der Waals surface area contributed by atoms with Crippen molar-refractivity contribution >= 4 is 17.5 Å². The van der Waals surface area contributed by atoms with Crippen LogP contribution in [0.1, 0.15) is 35.9 Å². The summed E-state index contributed by atoms with van der Waals surface area (Å²) in [7, 11) is 3.59. The first-order chi connectivity index (χ1) is 12.4. The number of nitrogens with zero attached hydrogens (tertiary/aromatic N) is 2. The molecule has 1 saturated heterocycles. The predicted octanol–water partition coefficient (Wildman–Crippen LogP) is 0.390. The van der Waals surface area contributed by atoms with Gasteiger partial charge in [0.1, 0.15) is 17.6 Å². The van der Waals surface area contributed by atoms with Crippen LogP contribution in [0.5, 0.6) is 0 Å². The van der Waals surface area contributed by atoms with E-state index < -0.39 is 5.54 Å². The van der Waals surface area contributed by atoms with Gasteiger partial charge in [-0.25, -0.2) is 0 Å². The normalized spacial score (nSPS) is 27.2. The molecule has 26 heavy (non-hydrogen) atoms. The number of carbonyl (C=O) groups is 2. The van der Waals surface area contributed by atoms with Crippen molar-refractivity contribution < 1.29 is 23.8 Å². The van der Waals surface area contributed by atoms with Crippen LogP contribution in [0, 0.1) is 0 Å². The number of hydrogen-bond acceptors (Lipinski definition) is 6. The summed E-state index contributed by atoms with van der Waals surface area (Å²) in [5, 5.41) is 12.8. The zero-order valence-corrected chi connectivity index (χ0v) is 15.6. The molecule has 8 nitrogen and oxygen atoms in total. The highest BCUT2D eigenvalue weighted by Gasteiger charge is 2.41. The topological polar surface area (TPSA) is 95.2 Å². The summed E-state index contributed by atoms with van der Waals surface area (Å²) in [5.41, 5.74) is 0.221. The Morgan fingerprint density at radius 3 is 2.92 bits per heavy atom. The Morgan fingerprint density at radius 2 is 2.19 bits per heavy atom. The van der Waals surface area contributed by atoms with E-state index in [-0.39, 0.29) is 31.0 Å². The highest BCUT2D eigenvalue weighted by atomic mass is 16.5. The van der Waals surface area contributed by atoms with Crippen molar-refractivity contribution in [3.8, 4) is 0 Å². The summed E-state index contributed by atoms with van der Waals surface area (Å²) in [5.74, 6) is 0.309. The van der Waals surface area contributed by atoms with Crippen LogP contribution < -0.4 is 10.2 Å². The van der Waals surface area contributed by atoms with Gasteiger partial charge in [0.15, 0.2) is 0 Å². The number of likely N-dealkylation sites (N-methyl/N-ethyl adjacent to an activating group) is 1. The molecular formula is C18H27N3O5. The molecule has 2 aliphatic heterocycles. The van der Waals surface area contributed by atoms with Gasteiger partial charge in [0, 0.05) is 32.5 Å². The van der Waals surface area contributed by atoms with E-state index in [4.69, 9.17) is 9.15 Å². The first-order valence-corrected chi connectivity index (χ1v) is 8.96. The molecule has 0 spiro atoms. The molecule has 0 aromatic carbocycles. The lowest BCUT2D eigenvalue weighted by Gasteiger charge is -2.47. The van der Waals surface area contributed by atoms with E-state index >= 15 is 0 Å². The van der Waals surface area contributed by atoms with Crippen LogP contribution in [0.2, 0.25) is 0 Å². The molecule has 2 aliphatic rings. The third kappa shape index (κ3) is 3.24. The van der Waals surface area contributed by atoms with Crippen molar-refractivity contribution in [1.82, 2.24) is 10.2 Å². The fraction of sp³-hybridized carbons (Fsp3) is 0.667. The number of rotatable bonds is 4. The van der Waals surface area contributed by atoms with Gasteiger partial charge < -0.3 is 24.5 Å². The number of ether oxygens (including phenoxy) is 1. The molecule has 144 valence electrons. The molecule has 0 radical (unpaired) electrons. The van der Waals surface area contributed by atoms with E-state index in [1.54, 1.807) is 7.05 Å². The van der Waals surface area contributed by atoms with Gasteiger partial charge in [-0.2, -0.15) is 0 Å². The maximum Gasteiger partial charge on any atom is 0.256 e. The number of aryl methyl sites for hydroxylation is 1. The number of morpholine rings is 1. The zero-order valence-electron chi connectivity index (χ0n) is 15.6. The highest BCUT2D eigenvalue weighted by Crippen LogP contribution is 2.32. The molecule has 0 unspecified atom stereocenters. The molecule has 8 heteroatoms. The van der Waals surface area contributed by atoms with Crippen LogP contribution in [0.3, 0.4) is 0 Å². The third-order valence-corrected chi connectivity index (χ3v) is 5.60. The Hall–Kier alpha value is -1.90. The minimum atomic E-state index is -0.671. The molecule has 0 aliphatic carbocycles. The minimum Gasteiger partial charge on any atom is -0.466 e. The van der Waals surface area contributed by atoms with Crippen LogP contribution >= 0.6 is 0 Å². The van der Waals surface area contributed by atoms with Gasteiger partial charge in [-0.1, -0.05) is 0 Å². The van der Waals surface area contributed by atoms with Gasteiger partial charge in [-0.15, -0.1) is 0 Å². The van der Waals surface area contributed by atoms with Gasteiger partial charge in [-0.3, -0.25) is 14.5 Å². The molecule has 0 saturated carbocycles. The Morgan fingerprint density at radius 1 is 1.42 bits per heavy atom. The standard InChI is InChI=1S/C18H27N3O5/c1-12-7-25-11-18(10-22,21(12)3)9-19-17(24)13-8-26-14-5-4-6-15(23)20(2)16(13)14/h8,12,22H,4-7,9-11H2,1-3H3,(H,19,24)/t12-,18+/m1/s1. The first kappa shape index (κ1) is 18.9. The van der Waals surface area contributed by atoms with Gasteiger partial charge in [0.05, 0.1) is 31.0 Å². The summed E-state index contributed by atoms with van der Waals surface area (Å²) in [6.45, 7) is 3.06. The Balaban J connectivity index is 1.77. The van der Waals surface area contributed by atoms with E-state index in [1.165, 1.54) is 11.2 Å². The SMILES string of the molecule is C[C@@H]1COC[C@@](CO)(CNC(=O)c2coc3c2N(C)C(=O)CCC3)N1C. The average Bonchev–Trinajstić information content (AvgIpc) is 3.00. The number of carbonyl (C=O) groups excluding carboxylic acids is 2. The maximum atomic E-state index is 12.8. The van der Waals surface area contributed by atoms with Crippen molar-refractivity contribution in [1.29, 1.82) is 0 Å². The number of amides is 2. The van der Waals surface area contributed by atoms with Crippen molar-refractivity contribution in [2.24, 2.45) is 0 Å². The largest absolute Gasteiger partial charge is 0.466 e. The Labute approximate surface area is 153 Å². The average molecular weight is 365 g/mol. The molecule has 1 aromatic heterocycles. The smallest absolute Gasteiger partial charge is 0.256 e. The number of nitrogens with one attached hydrogen (secondary N) is 1. The summed E-state index contributed by atoms with van der Waals surface area (Å²) >= 11 is 0. The second-order valence-corrected chi connectivity index (χ2v) is 7.27. The molecule has 3 heterocycles. The molecule has 3 rings (SSSR count). The molecule has 1 aromatic rings. The van der Waals surface area contributed by atoms with E-state index in [2.05, 4.69) is 5.32 Å². The summed E-state index contributed by atoms with van der Waals surface area (Å²) in [6, 6.07) is 0.141. The molecule has 2 atom stereocenters. The zero-order chi connectivity index (χ0) is 18.9. The number of aliphatic hydroxyl groups excluding tert-OH is 1. The van der Waals surface area contributed by atoms with Gasteiger partial charge in [-0.05, 0) is 20.4 Å². The minimum absolute atomic E-state index is 0.0275. The lowest BCUT2D eigenvalue weighted by Crippen LogP contribution is -2.65. The number of anilines is 1. The molecule has 0 bridgehead atoms. The van der Waals surface area contributed by atoms with E-state index in [1.807, 2.05) is 18.9 Å². The summed E-state index contributed by atoms with van der Waals surface area (Å²) in [6.07, 6.45) is 3.19. The monoisotopic (exact) mass is 365 g/mol. The van der Waals surface area contributed by atoms with E-state index in [0.717, 1.165) is 0 Å². The fourth-order valence-electron chi connectivity index (χ4n) is 3.62. The number of furan rings is 1. The molecular weight excluding hydrogens is 338 g/mol. The van der Waals surface area contributed by atoms with Crippen molar-refractivity contribution in [3.63, 3.8) is 0 Å². The van der Waals surface area contributed by atoms with Gasteiger partial charge in [0.2, 0.25) is 5.91 Å². The Bertz CT molecular complexity index is 688. The Kier molecular flexibility index (Phi) is 5.36. The predicted molar refractivity (Wildman–Crippen MR) is 95.3 cm³/mol. The van der Waals surface area contributed by atoms with Crippen molar-refractivity contribution in [2.45, 2.75) is 37.8 Å². The maximum absolute atomic E-state index is 12.8. The number of aliphatic hydroxyl groups is 1. The van der Waals surface area contributed by atoms with E-state index in [0.29, 0.717) is 49.5 Å². The van der Waals surface area contributed by atoms with Crippen LogP contribution in [0.25, 0.3) is 0 Å². The second-order valence-electron chi connectivity index (χ2n) is 7.27. The quantitative estimate of drug-likeness (QED) is 0.802. The van der Waals surface area contributed by atoms with Gasteiger partial charge in [0.25, 0.3) is 5.91 Å². The van der Waals surface area contributed by atoms with Crippen LogP contribution in [0.15, 0.2) is 10.7 Å².